The predicted molar refractivity (Wildman–Crippen MR) is 92.3 cm³/mol. The van der Waals surface area contributed by atoms with Crippen molar-refractivity contribution >= 4 is 11.6 Å². The lowest BCUT2D eigenvalue weighted by Crippen LogP contribution is -2.16. The van der Waals surface area contributed by atoms with E-state index in [1.54, 1.807) is 19.2 Å². The molecule has 0 aliphatic carbocycles. The Bertz CT molecular complexity index is 653. The van der Waals surface area contributed by atoms with Gasteiger partial charge in [-0.25, -0.2) is 0 Å². The summed E-state index contributed by atoms with van der Waals surface area (Å²) in [6.07, 6.45) is 0. The van der Waals surface area contributed by atoms with Crippen LogP contribution in [-0.2, 0) is 4.74 Å². The summed E-state index contributed by atoms with van der Waals surface area (Å²) in [5.74, 6) is 0.717. The van der Waals surface area contributed by atoms with E-state index < -0.39 is 0 Å². The van der Waals surface area contributed by atoms with Gasteiger partial charge in [0.25, 0.3) is 5.91 Å². The van der Waals surface area contributed by atoms with E-state index in [1.807, 2.05) is 36.4 Å². The quantitative estimate of drug-likeness (QED) is 0.783. The highest BCUT2D eigenvalue weighted by Crippen LogP contribution is 2.25. The molecule has 4 nitrogen and oxygen atoms in total. The number of carbonyl (C=O) groups is 1. The number of nitrogens with one attached hydrogen (secondary N) is 1. The van der Waals surface area contributed by atoms with Gasteiger partial charge in [0.2, 0.25) is 0 Å². The second kappa shape index (κ2) is 8.34. The molecule has 2 aromatic carbocycles. The van der Waals surface area contributed by atoms with Crippen LogP contribution in [0, 0.1) is 0 Å². The number of hydrogen-bond acceptors (Lipinski definition) is 3. The molecule has 23 heavy (non-hydrogen) atoms. The van der Waals surface area contributed by atoms with Gasteiger partial charge in [0.1, 0.15) is 12.4 Å². The monoisotopic (exact) mass is 313 g/mol. The van der Waals surface area contributed by atoms with Gasteiger partial charge < -0.3 is 14.8 Å². The van der Waals surface area contributed by atoms with Crippen LogP contribution in [0.5, 0.6) is 5.75 Å². The Morgan fingerprint density at radius 3 is 2.48 bits per heavy atom. The van der Waals surface area contributed by atoms with Crippen molar-refractivity contribution in [3.8, 4) is 5.75 Å². The lowest BCUT2D eigenvalue weighted by molar-refractivity contribution is 0.101. The minimum absolute atomic E-state index is 0.175. The minimum atomic E-state index is -0.175. The summed E-state index contributed by atoms with van der Waals surface area (Å²) in [5.41, 5.74) is 2.46. The number of hydrogen-bond donors (Lipinski definition) is 1. The third-order valence-electron chi connectivity index (χ3n) is 3.51. The average Bonchev–Trinajstić information content (AvgIpc) is 2.56. The highest BCUT2D eigenvalue weighted by molar-refractivity contribution is 6.06. The van der Waals surface area contributed by atoms with Crippen molar-refractivity contribution in [2.45, 2.75) is 19.8 Å². The Morgan fingerprint density at radius 2 is 1.74 bits per heavy atom. The molecule has 2 aromatic rings. The molecule has 0 saturated heterocycles. The van der Waals surface area contributed by atoms with Gasteiger partial charge in [-0.3, -0.25) is 4.79 Å². The molecule has 0 spiro atoms. The lowest BCUT2D eigenvalue weighted by Gasteiger charge is -2.15. The number of para-hydroxylation sites is 2. The van der Waals surface area contributed by atoms with Gasteiger partial charge in [-0.05, 0) is 29.7 Å². The van der Waals surface area contributed by atoms with Crippen molar-refractivity contribution in [2.75, 3.05) is 25.6 Å². The van der Waals surface area contributed by atoms with Crippen LogP contribution in [0.1, 0.15) is 35.7 Å². The Kier molecular flexibility index (Phi) is 6.18. The summed E-state index contributed by atoms with van der Waals surface area (Å²) in [6, 6.07) is 15.1. The molecular weight excluding hydrogens is 290 g/mol. The summed E-state index contributed by atoms with van der Waals surface area (Å²) in [7, 11) is 1.62. The molecule has 0 aromatic heterocycles. The fourth-order valence-corrected chi connectivity index (χ4v) is 2.32. The Hall–Kier alpha value is -2.33. The van der Waals surface area contributed by atoms with Crippen LogP contribution < -0.4 is 10.1 Å². The van der Waals surface area contributed by atoms with E-state index in [1.165, 1.54) is 0 Å². The summed E-state index contributed by atoms with van der Waals surface area (Å²) in [4.78, 5) is 12.6. The van der Waals surface area contributed by atoms with Gasteiger partial charge in [-0.2, -0.15) is 0 Å². The smallest absolute Gasteiger partial charge is 0.259 e. The molecule has 0 bridgehead atoms. The number of amides is 1. The summed E-state index contributed by atoms with van der Waals surface area (Å²) >= 11 is 0. The zero-order chi connectivity index (χ0) is 16.7. The highest BCUT2D eigenvalue weighted by atomic mass is 16.5. The maximum Gasteiger partial charge on any atom is 0.259 e. The third kappa shape index (κ3) is 4.57. The topological polar surface area (TPSA) is 47.6 Å². The van der Waals surface area contributed by atoms with Crippen LogP contribution in [-0.4, -0.2) is 26.2 Å². The molecule has 0 heterocycles. The first-order chi connectivity index (χ1) is 11.1. The summed E-state index contributed by atoms with van der Waals surface area (Å²) in [5, 5.41) is 2.99. The number of ether oxygens (including phenoxy) is 2. The molecule has 0 unspecified atom stereocenters. The molecule has 4 heteroatoms. The van der Waals surface area contributed by atoms with Crippen molar-refractivity contribution in [1.29, 1.82) is 0 Å². The number of methoxy groups -OCH3 is 1. The van der Waals surface area contributed by atoms with E-state index in [2.05, 4.69) is 19.2 Å². The Labute approximate surface area is 137 Å². The first kappa shape index (κ1) is 17.0. The van der Waals surface area contributed by atoms with E-state index in [-0.39, 0.29) is 5.91 Å². The molecule has 0 aliphatic rings. The number of rotatable bonds is 7. The molecule has 0 radical (unpaired) electrons. The molecule has 122 valence electrons. The Balaban J connectivity index is 2.18. The van der Waals surface area contributed by atoms with Gasteiger partial charge in [-0.15, -0.1) is 0 Å². The van der Waals surface area contributed by atoms with Gasteiger partial charge in [0.15, 0.2) is 0 Å². The zero-order valence-corrected chi connectivity index (χ0v) is 13.8. The van der Waals surface area contributed by atoms with Crippen molar-refractivity contribution in [1.82, 2.24) is 0 Å². The van der Waals surface area contributed by atoms with E-state index in [0.717, 1.165) is 11.3 Å². The largest absolute Gasteiger partial charge is 0.490 e. The molecule has 2 rings (SSSR count). The molecule has 0 atom stereocenters. The fourth-order valence-electron chi connectivity index (χ4n) is 2.32. The zero-order valence-electron chi connectivity index (χ0n) is 13.8. The van der Waals surface area contributed by atoms with E-state index in [9.17, 15) is 4.79 Å². The molecule has 0 aliphatic heterocycles. The summed E-state index contributed by atoms with van der Waals surface area (Å²) < 4.78 is 10.6. The Morgan fingerprint density at radius 1 is 1.04 bits per heavy atom. The van der Waals surface area contributed by atoms with E-state index in [0.29, 0.717) is 30.4 Å². The van der Waals surface area contributed by atoms with Crippen molar-refractivity contribution < 1.29 is 14.3 Å². The van der Waals surface area contributed by atoms with Crippen LogP contribution in [0.15, 0.2) is 48.5 Å². The van der Waals surface area contributed by atoms with Crippen LogP contribution in [0.25, 0.3) is 0 Å². The number of benzene rings is 2. The van der Waals surface area contributed by atoms with Crippen molar-refractivity contribution in [3.63, 3.8) is 0 Å². The van der Waals surface area contributed by atoms with E-state index in [4.69, 9.17) is 9.47 Å². The summed E-state index contributed by atoms with van der Waals surface area (Å²) in [6.45, 7) is 5.09. The highest BCUT2D eigenvalue weighted by Gasteiger charge is 2.14. The molecular formula is C19H23NO3. The number of carbonyl (C=O) groups excluding carboxylic acids is 1. The normalized spacial score (nSPS) is 10.6. The standard InChI is InChI=1S/C19H23NO3/c1-14(2)15-8-4-6-10-17(15)20-19(21)16-9-5-7-11-18(16)23-13-12-22-3/h4-11,14H,12-13H2,1-3H3,(H,20,21). The van der Waals surface area contributed by atoms with Crippen LogP contribution in [0.2, 0.25) is 0 Å². The van der Waals surface area contributed by atoms with Crippen LogP contribution in [0.4, 0.5) is 5.69 Å². The van der Waals surface area contributed by atoms with Gasteiger partial charge in [0, 0.05) is 12.8 Å². The lowest BCUT2D eigenvalue weighted by atomic mass is 10.0. The first-order valence-corrected chi connectivity index (χ1v) is 7.74. The second-order valence-corrected chi connectivity index (χ2v) is 5.53. The van der Waals surface area contributed by atoms with Crippen molar-refractivity contribution in [3.05, 3.63) is 59.7 Å². The maximum absolute atomic E-state index is 12.6. The third-order valence-corrected chi connectivity index (χ3v) is 3.51. The van der Waals surface area contributed by atoms with E-state index >= 15 is 0 Å². The van der Waals surface area contributed by atoms with Gasteiger partial charge in [0.05, 0.1) is 12.2 Å². The fraction of sp³-hybridized carbons (Fsp3) is 0.316. The second-order valence-electron chi connectivity index (χ2n) is 5.53. The molecule has 1 amide bonds. The van der Waals surface area contributed by atoms with Crippen LogP contribution >= 0.6 is 0 Å². The molecule has 0 fully saturated rings. The minimum Gasteiger partial charge on any atom is -0.490 e. The average molecular weight is 313 g/mol. The number of anilines is 1. The van der Waals surface area contributed by atoms with Crippen LogP contribution in [0.3, 0.4) is 0 Å². The van der Waals surface area contributed by atoms with Crippen molar-refractivity contribution in [2.24, 2.45) is 0 Å². The van der Waals surface area contributed by atoms with Gasteiger partial charge >= 0.3 is 0 Å². The molecule has 0 saturated carbocycles. The SMILES string of the molecule is COCCOc1ccccc1C(=O)Nc1ccccc1C(C)C. The molecule has 1 N–H and O–H groups in total. The maximum atomic E-state index is 12.6. The predicted octanol–water partition coefficient (Wildman–Crippen LogP) is 4.09. The first-order valence-electron chi connectivity index (χ1n) is 7.74. The van der Waals surface area contributed by atoms with Gasteiger partial charge in [-0.1, -0.05) is 44.2 Å².